The quantitative estimate of drug-likeness (QED) is 0.837. The van der Waals surface area contributed by atoms with E-state index in [1.165, 1.54) is 19.3 Å². The van der Waals surface area contributed by atoms with Gasteiger partial charge in [0.25, 0.3) is 0 Å². The molecule has 2 N–H and O–H groups in total. The Morgan fingerprint density at radius 1 is 1.33 bits per heavy atom. The summed E-state index contributed by atoms with van der Waals surface area (Å²) in [6.45, 7) is 7.05. The van der Waals surface area contributed by atoms with Crippen molar-refractivity contribution in [2.45, 2.75) is 58.4 Å². The molecule has 3 heteroatoms. The molecule has 0 radical (unpaired) electrons. The molecule has 1 aliphatic carbocycles. The van der Waals surface area contributed by atoms with Crippen LogP contribution < -0.4 is 10.5 Å². The highest BCUT2D eigenvalue weighted by atomic mass is 35.5. The zero-order chi connectivity index (χ0) is 15.7. The Balaban J connectivity index is 2.15. The minimum absolute atomic E-state index is 0.238. The number of hydrogen-bond donors (Lipinski definition) is 1. The van der Waals surface area contributed by atoms with E-state index in [0.717, 1.165) is 30.1 Å². The highest BCUT2D eigenvalue weighted by Crippen LogP contribution is 2.46. The fraction of sp³-hybridized carbons (Fsp3) is 0.667. The first-order chi connectivity index (χ1) is 9.82. The molecule has 2 nitrogen and oxygen atoms in total. The minimum atomic E-state index is -0.238. The summed E-state index contributed by atoms with van der Waals surface area (Å²) >= 11 is 6.12. The van der Waals surface area contributed by atoms with Crippen LogP contribution in [0.1, 0.15) is 58.4 Å². The van der Waals surface area contributed by atoms with Gasteiger partial charge in [-0.1, -0.05) is 44.9 Å². The third kappa shape index (κ3) is 3.37. The van der Waals surface area contributed by atoms with Crippen LogP contribution in [-0.4, -0.2) is 7.11 Å². The molecule has 0 bridgehead atoms. The van der Waals surface area contributed by atoms with Gasteiger partial charge in [-0.3, -0.25) is 0 Å². The monoisotopic (exact) mass is 309 g/mol. The van der Waals surface area contributed by atoms with E-state index in [2.05, 4.69) is 26.8 Å². The van der Waals surface area contributed by atoms with Crippen LogP contribution in [0.25, 0.3) is 0 Å². The van der Waals surface area contributed by atoms with E-state index in [1.807, 2.05) is 12.1 Å². The molecule has 2 rings (SSSR count). The molecule has 118 valence electrons. The normalized spacial score (nSPS) is 26.7. The molecule has 21 heavy (non-hydrogen) atoms. The van der Waals surface area contributed by atoms with Crippen LogP contribution >= 0.6 is 11.6 Å². The third-order valence-corrected chi connectivity index (χ3v) is 5.93. The van der Waals surface area contributed by atoms with Crippen molar-refractivity contribution in [2.24, 2.45) is 17.1 Å². The van der Waals surface area contributed by atoms with E-state index in [1.54, 1.807) is 7.11 Å². The maximum absolute atomic E-state index is 6.70. The van der Waals surface area contributed by atoms with E-state index >= 15 is 0 Å². The summed E-state index contributed by atoms with van der Waals surface area (Å²) in [6.07, 6.45) is 5.69. The minimum Gasteiger partial charge on any atom is -0.495 e. The maximum Gasteiger partial charge on any atom is 0.137 e. The highest BCUT2D eigenvalue weighted by molar-refractivity contribution is 6.32. The van der Waals surface area contributed by atoms with Crippen molar-refractivity contribution in [3.63, 3.8) is 0 Å². The van der Waals surface area contributed by atoms with E-state index in [4.69, 9.17) is 22.1 Å². The number of rotatable bonds is 4. The van der Waals surface area contributed by atoms with Crippen molar-refractivity contribution < 1.29 is 4.74 Å². The SMILES string of the molecule is CCC(C)(C)C1CCC(N)(c2ccc(Cl)c(OC)c2)CC1. The molecule has 0 spiro atoms. The number of hydrogen-bond acceptors (Lipinski definition) is 2. The molecule has 0 unspecified atom stereocenters. The Labute approximate surface area is 134 Å². The van der Waals surface area contributed by atoms with Crippen molar-refractivity contribution in [1.29, 1.82) is 0 Å². The average Bonchev–Trinajstić information content (AvgIpc) is 2.48. The smallest absolute Gasteiger partial charge is 0.137 e. The molecule has 0 heterocycles. The van der Waals surface area contributed by atoms with Crippen LogP contribution in [0, 0.1) is 11.3 Å². The second-order valence-electron chi connectivity index (χ2n) is 7.12. The van der Waals surface area contributed by atoms with Crippen molar-refractivity contribution in [3.8, 4) is 5.75 Å². The summed E-state index contributed by atoms with van der Waals surface area (Å²) in [5.41, 5.74) is 8.03. The zero-order valence-corrected chi connectivity index (χ0v) is 14.5. The molecule has 0 aliphatic heterocycles. The van der Waals surface area contributed by atoms with Crippen LogP contribution in [-0.2, 0) is 5.54 Å². The molecular weight excluding hydrogens is 282 g/mol. The summed E-state index contributed by atoms with van der Waals surface area (Å²) in [5.74, 6) is 1.49. The van der Waals surface area contributed by atoms with Crippen LogP contribution in [0.5, 0.6) is 5.75 Å². The number of nitrogens with two attached hydrogens (primary N) is 1. The van der Waals surface area contributed by atoms with Gasteiger partial charge >= 0.3 is 0 Å². The number of ether oxygens (including phenoxy) is 1. The first-order valence-electron chi connectivity index (χ1n) is 7.95. The Bertz CT molecular complexity index is 490. The topological polar surface area (TPSA) is 35.2 Å². The summed E-state index contributed by atoms with van der Waals surface area (Å²) in [7, 11) is 1.65. The molecule has 1 aliphatic rings. The number of benzene rings is 1. The second kappa shape index (κ2) is 6.18. The van der Waals surface area contributed by atoms with Crippen LogP contribution in [0.15, 0.2) is 18.2 Å². The van der Waals surface area contributed by atoms with Gasteiger partial charge in [0, 0.05) is 5.54 Å². The van der Waals surface area contributed by atoms with Gasteiger partial charge in [0.05, 0.1) is 12.1 Å². The van der Waals surface area contributed by atoms with Gasteiger partial charge in [-0.05, 0) is 54.7 Å². The van der Waals surface area contributed by atoms with Gasteiger partial charge in [-0.15, -0.1) is 0 Å². The van der Waals surface area contributed by atoms with Crippen LogP contribution in [0.3, 0.4) is 0 Å². The first-order valence-corrected chi connectivity index (χ1v) is 8.33. The predicted molar refractivity (Wildman–Crippen MR) is 89.9 cm³/mol. The van der Waals surface area contributed by atoms with E-state index in [0.29, 0.717) is 10.4 Å². The first kappa shape index (κ1) is 16.6. The van der Waals surface area contributed by atoms with Crippen molar-refractivity contribution in [1.82, 2.24) is 0 Å². The molecular formula is C18H28ClNO. The summed E-state index contributed by atoms with van der Waals surface area (Å²) in [6, 6.07) is 5.95. The van der Waals surface area contributed by atoms with Gasteiger partial charge < -0.3 is 10.5 Å². The Kier molecular flexibility index (Phi) is 4.89. The summed E-state index contributed by atoms with van der Waals surface area (Å²) in [4.78, 5) is 0. The summed E-state index contributed by atoms with van der Waals surface area (Å²) in [5, 5.41) is 0.644. The molecule has 0 atom stereocenters. The van der Waals surface area contributed by atoms with Gasteiger partial charge in [0.2, 0.25) is 0 Å². The lowest BCUT2D eigenvalue weighted by Crippen LogP contribution is -2.42. The Morgan fingerprint density at radius 3 is 2.48 bits per heavy atom. The fourth-order valence-electron chi connectivity index (χ4n) is 3.46. The predicted octanol–water partition coefficient (Wildman–Crippen LogP) is 5.13. The second-order valence-corrected chi connectivity index (χ2v) is 7.53. The molecule has 1 aromatic carbocycles. The van der Waals surface area contributed by atoms with Crippen LogP contribution in [0.4, 0.5) is 0 Å². The highest BCUT2D eigenvalue weighted by Gasteiger charge is 2.38. The van der Waals surface area contributed by atoms with Crippen LogP contribution in [0.2, 0.25) is 5.02 Å². The van der Waals surface area contributed by atoms with E-state index in [9.17, 15) is 0 Å². The average molecular weight is 310 g/mol. The summed E-state index contributed by atoms with van der Waals surface area (Å²) < 4.78 is 5.33. The van der Waals surface area contributed by atoms with E-state index in [-0.39, 0.29) is 5.54 Å². The largest absolute Gasteiger partial charge is 0.495 e. The molecule has 1 fully saturated rings. The number of methoxy groups -OCH3 is 1. The number of halogens is 1. The third-order valence-electron chi connectivity index (χ3n) is 5.62. The lowest BCUT2D eigenvalue weighted by atomic mass is 9.64. The lowest BCUT2D eigenvalue weighted by molar-refractivity contribution is 0.115. The molecule has 0 saturated heterocycles. The maximum atomic E-state index is 6.70. The molecule has 0 aromatic heterocycles. The lowest BCUT2D eigenvalue weighted by Gasteiger charge is -2.43. The Morgan fingerprint density at radius 2 is 1.95 bits per heavy atom. The fourth-order valence-corrected chi connectivity index (χ4v) is 3.66. The molecule has 1 saturated carbocycles. The van der Waals surface area contributed by atoms with Gasteiger partial charge in [0.1, 0.15) is 5.75 Å². The van der Waals surface area contributed by atoms with Crippen molar-refractivity contribution >= 4 is 11.6 Å². The Hall–Kier alpha value is -0.730. The van der Waals surface area contributed by atoms with Crippen molar-refractivity contribution in [2.75, 3.05) is 7.11 Å². The zero-order valence-electron chi connectivity index (χ0n) is 13.7. The molecule has 1 aromatic rings. The standard InChI is InChI=1S/C18H28ClNO/c1-5-17(2,3)13-8-10-18(20,11-9-13)14-6-7-15(19)16(12-14)21-4/h6-7,12-13H,5,8-11,20H2,1-4H3. The van der Waals surface area contributed by atoms with Gasteiger partial charge in [0.15, 0.2) is 0 Å². The molecule has 0 amide bonds. The van der Waals surface area contributed by atoms with Crippen molar-refractivity contribution in [3.05, 3.63) is 28.8 Å². The van der Waals surface area contributed by atoms with Gasteiger partial charge in [-0.2, -0.15) is 0 Å². The van der Waals surface area contributed by atoms with E-state index < -0.39 is 0 Å². The van der Waals surface area contributed by atoms with Gasteiger partial charge in [-0.25, -0.2) is 0 Å².